The number of carbonyl (C=O) groups excluding carboxylic acids is 1. The molecule has 2 fully saturated rings. The van der Waals surface area contributed by atoms with E-state index in [2.05, 4.69) is 17.0 Å². The number of halogens is 1. The Bertz CT molecular complexity index is 735. The quantitative estimate of drug-likeness (QED) is 0.755. The normalized spacial score (nSPS) is 25.9. The Kier molecular flexibility index (Phi) is 7.64. The second-order valence-electron chi connectivity index (χ2n) is 6.99. The van der Waals surface area contributed by atoms with Gasteiger partial charge in [0.2, 0.25) is 10.0 Å². The minimum Gasteiger partial charge on any atom is -0.377 e. The molecule has 27 heavy (non-hydrogen) atoms. The number of carbonyl (C=O) groups is 1. The van der Waals surface area contributed by atoms with Crippen LogP contribution in [0.5, 0.6) is 0 Å². The van der Waals surface area contributed by atoms with Gasteiger partial charge in [0.15, 0.2) is 0 Å². The number of benzene rings is 1. The van der Waals surface area contributed by atoms with Gasteiger partial charge >= 0.3 is 0 Å². The van der Waals surface area contributed by atoms with Gasteiger partial charge in [-0.05, 0) is 51.0 Å². The van der Waals surface area contributed by atoms with Gasteiger partial charge in [0.05, 0.1) is 11.0 Å². The molecule has 0 saturated carbocycles. The van der Waals surface area contributed by atoms with Gasteiger partial charge in [-0.3, -0.25) is 4.79 Å². The zero-order valence-corrected chi connectivity index (χ0v) is 17.3. The molecular formula is C18H28ClN3O4S. The van der Waals surface area contributed by atoms with E-state index in [9.17, 15) is 13.2 Å². The second kappa shape index (κ2) is 9.34. The van der Waals surface area contributed by atoms with Crippen molar-refractivity contribution < 1.29 is 17.9 Å². The first-order chi connectivity index (χ1) is 12.4. The van der Waals surface area contributed by atoms with Gasteiger partial charge in [0.1, 0.15) is 0 Å². The third-order valence-electron chi connectivity index (χ3n) is 5.23. The lowest BCUT2D eigenvalue weighted by Gasteiger charge is -2.38. The van der Waals surface area contributed by atoms with Crippen LogP contribution in [0.3, 0.4) is 0 Å². The Balaban J connectivity index is 0.00000261. The van der Waals surface area contributed by atoms with Gasteiger partial charge in [-0.15, -0.1) is 12.4 Å². The van der Waals surface area contributed by atoms with Crippen molar-refractivity contribution in [1.29, 1.82) is 0 Å². The molecular weight excluding hydrogens is 390 g/mol. The monoisotopic (exact) mass is 417 g/mol. The molecule has 7 nitrogen and oxygen atoms in total. The first-order valence-electron chi connectivity index (χ1n) is 9.14. The van der Waals surface area contributed by atoms with Crippen molar-refractivity contribution >= 4 is 28.3 Å². The number of sulfonamides is 1. The van der Waals surface area contributed by atoms with Crippen molar-refractivity contribution in [3.05, 3.63) is 29.8 Å². The summed E-state index contributed by atoms with van der Waals surface area (Å²) >= 11 is 0. The molecule has 3 unspecified atom stereocenters. The molecule has 3 atom stereocenters. The summed E-state index contributed by atoms with van der Waals surface area (Å²) in [6.07, 6.45) is 1.78. The smallest absolute Gasteiger partial charge is 0.254 e. The summed E-state index contributed by atoms with van der Waals surface area (Å²) in [5.74, 6) is -0.0675. The lowest BCUT2D eigenvalue weighted by Crippen LogP contribution is -2.57. The third-order valence-corrected chi connectivity index (χ3v) is 6.67. The fraction of sp³-hybridized carbons (Fsp3) is 0.611. The van der Waals surface area contributed by atoms with Crippen molar-refractivity contribution in [2.45, 2.75) is 49.8 Å². The van der Waals surface area contributed by atoms with E-state index in [0.29, 0.717) is 18.7 Å². The summed E-state index contributed by atoms with van der Waals surface area (Å²) in [6, 6.07) is 6.47. The van der Waals surface area contributed by atoms with Crippen molar-refractivity contribution in [1.82, 2.24) is 14.9 Å². The van der Waals surface area contributed by atoms with Gasteiger partial charge in [0.25, 0.3) is 5.91 Å². The molecule has 3 rings (SSSR count). The molecule has 152 valence electrons. The minimum absolute atomic E-state index is 0. The van der Waals surface area contributed by atoms with Gasteiger partial charge in [-0.2, -0.15) is 0 Å². The molecule has 0 bridgehead atoms. The summed E-state index contributed by atoms with van der Waals surface area (Å²) in [7, 11) is -3.60. The molecule has 0 radical (unpaired) electrons. The van der Waals surface area contributed by atoms with Crippen LogP contribution in [-0.2, 0) is 14.8 Å². The van der Waals surface area contributed by atoms with Gasteiger partial charge in [-0.25, -0.2) is 13.1 Å². The van der Waals surface area contributed by atoms with Crippen LogP contribution in [-0.4, -0.2) is 63.7 Å². The predicted octanol–water partition coefficient (Wildman–Crippen LogP) is 1.39. The van der Waals surface area contributed by atoms with Crippen molar-refractivity contribution in [2.24, 2.45) is 0 Å². The lowest BCUT2D eigenvalue weighted by atomic mass is 10.1. The molecule has 2 aliphatic heterocycles. The van der Waals surface area contributed by atoms with E-state index in [4.69, 9.17) is 4.74 Å². The van der Waals surface area contributed by atoms with Crippen LogP contribution in [0.15, 0.2) is 29.2 Å². The molecule has 2 N–H and O–H groups in total. The average molecular weight is 418 g/mol. The summed E-state index contributed by atoms with van der Waals surface area (Å²) in [5, 5.41) is 3.34. The maximum absolute atomic E-state index is 12.7. The maximum atomic E-state index is 12.7. The van der Waals surface area contributed by atoms with Crippen LogP contribution in [0.25, 0.3) is 0 Å². The lowest BCUT2D eigenvalue weighted by molar-refractivity contribution is 0.0603. The maximum Gasteiger partial charge on any atom is 0.254 e. The fourth-order valence-electron chi connectivity index (χ4n) is 3.38. The molecule has 1 aromatic carbocycles. The second-order valence-corrected chi connectivity index (χ2v) is 8.76. The molecule has 0 spiro atoms. The standard InChI is InChI=1S/C18H27N3O4S.ClH/c1-13-14(2)21(10-9-19-13)18(22)15-5-7-17(8-6-15)26(23,24)20-12-16-4-3-11-25-16;/h5-8,13-14,16,19-20H,3-4,9-12H2,1-2H3;1H. The number of rotatable bonds is 5. The minimum atomic E-state index is -3.60. The van der Waals surface area contributed by atoms with Crippen LogP contribution < -0.4 is 10.0 Å². The Morgan fingerprint density at radius 2 is 2.00 bits per heavy atom. The molecule has 9 heteroatoms. The number of nitrogens with one attached hydrogen (secondary N) is 2. The highest BCUT2D eigenvalue weighted by Gasteiger charge is 2.29. The Morgan fingerprint density at radius 3 is 2.63 bits per heavy atom. The summed E-state index contributed by atoms with van der Waals surface area (Å²) < 4.78 is 32.8. The van der Waals surface area contributed by atoms with Crippen molar-refractivity contribution in [3.63, 3.8) is 0 Å². The predicted molar refractivity (Wildman–Crippen MR) is 106 cm³/mol. The van der Waals surface area contributed by atoms with E-state index in [0.717, 1.165) is 19.4 Å². The highest BCUT2D eigenvalue weighted by molar-refractivity contribution is 7.89. The zero-order chi connectivity index (χ0) is 18.7. The first-order valence-corrected chi connectivity index (χ1v) is 10.6. The molecule has 2 saturated heterocycles. The van der Waals surface area contributed by atoms with E-state index >= 15 is 0 Å². The highest BCUT2D eigenvalue weighted by atomic mass is 35.5. The largest absolute Gasteiger partial charge is 0.377 e. The number of nitrogens with zero attached hydrogens (tertiary/aromatic N) is 1. The van der Waals surface area contributed by atoms with E-state index in [1.165, 1.54) is 12.1 Å². The van der Waals surface area contributed by atoms with Crippen LogP contribution in [0, 0.1) is 0 Å². The summed E-state index contributed by atoms with van der Waals surface area (Å²) in [6.45, 7) is 6.44. The molecule has 0 aliphatic carbocycles. The average Bonchev–Trinajstić information content (AvgIpc) is 3.16. The van der Waals surface area contributed by atoms with Gasteiger partial charge < -0.3 is 15.0 Å². The first kappa shape index (κ1) is 22.1. The van der Waals surface area contributed by atoms with E-state index in [1.807, 2.05) is 11.8 Å². The van der Waals surface area contributed by atoms with Gasteiger partial charge in [-0.1, -0.05) is 0 Å². The molecule has 1 aromatic rings. The third kappa shape index (κ3) is 5.20. The van der Waals surface area contributed by atoms with E-state index in [1.54, 1.807) is 12.1 Å². The van der Waals surface area contributed by atoms with Crippen LogP contribution >= 0.6 is 12.4 Å². The molecule has 2 aliphatic rings. The van der Waals surface area contributed by atoms with E-state index < -0.39 is 10.0 Å². The number of amides is 1. The van der Waals surface area contributed by atoms with Gasteiger partial charge in [0, 0.05) is 43.9 Å². The summed E-state index contributed by atoms with van der Waals surface area (Å²) in [5.41, 5.74) is 0.504. The Hall–Kier alpha value is -1.19. The Morgan fingerprint density at radius 1 is 1.30 bits per heavy atom. The molecule has 2 heterocycles. The highest BCUT2D eigenvalue weighted by Crippen LogP contribution is 2.17. The SMILES string of the molecule is CC1NCCN(C(=O)c2ccc(S(=O)(=O)NCC3CCCO3)cc2)C1C.Cl. The topological polar surface area (TPSA) is 87.7 Å². The molecule has 1 amide bonds. The zero-order valence-electron chi connectivity index (χ0n) is 15.7. The van der Waals surface area contributed by atoms with Crippen molar-refractivity contribution in [3.8, 4) is 0 Å². The van der Waals surface area contributed by atoms with Crippen LogP contribution in [0.2, 0.25) is 0 Å². The fourth-order valence-corrected chi connectivity index (χ4v) is 4.44. The number of ether oxygens (including phenoxy) is 1. The van der Waals surface area contributed by atoms with Crippen LogP contribution in [0.4, 0.5) is 0 Å². The number of piperazine rings is 1. The molecule has 0 aromatic heterocycles. The van der Waals surface area contributed by atoms with Crippen LogP contribution in [0.1, 0.15) is 37.0 Å². The van der Waals surface area contributed by atoms with Crippen molar-refractivity contribution in [2.75, 3.05) is 26.2 Å². The summed E-state index contributed by atoms with van der Waals surface area (Å²) in [4.78, 5) is 14.7. The Labute approximate surface area is 167 Å². The number of hydrogen-bond donors (Lipinski definition) is 2. The number of hydrogen-bond acceptors (Lipinski definition) is 5. The van der Waals surface area contributed by atoms with E-state index in [-0.39, 0.29) is 47.9 Å².